The maximum absolute atomic E-state index is 10.4. The summed E-state index contributed by atoms with van der Waals surface area (Å²) in [4.78, 5) is 0. The van der Waals surface area contributed by atoms with Gasteiger partial charge in [-0.25, -0.2) is 0 Å². The van der Waals surface area contributed by atoms with Crippen LogP contribution >= 0.6 is 0 Å². The van der Waals surface area contributed by atoms with Gasteiger partial charge >= 0.3 is 0 Å². The van der Waals surface area contributed by atoms with Crippen LogP contribution in [0.4, 0.5) is 0 Å². The Balaban J connectivity index is 1.64. The molecule has 0 aromatic heterocycles. The van der Waals surface area contributed by atoms with Crippen LogP contribution in [0.5, 0.6) is 5.75 Å². The SMILES string of the molecule is COc1ccc([C@H]2CCc3ccc([C@@H]4O[C@H](CO)[C@@H](O)[C@H](O)[C@H]4O)cc32)cc1. The summed E-state index contributed by atoms with van der Waals surface area (Å²) in [6.07, 6.45) is -3.73. The lowest BCUT2D eigenvalue weighted by molar-refractivity contribution is -0.231. The van der Waals surface area contributed by atoms with E-state index in [-0.39, 0.29) is 5.92 Å². The quantitative estimate of drug-likeness (QED) is 0.632. The summed E-state index contributed by atoms with van der Waals surface area (Å²) in [5, 5.41) is 40.0. The third-order valence-corrected chi connectivity index (χ3v) is 5.99. The highest BCUT2D eigenvalue weighted by molar-refractivity contribution is 5.46. The van der Waals surface area contributed by atoms with Crippen molar-refractivity contribution in [3.63, 3.8) is 0 Å². The van der Waals surface area contributed by atoms with Gasteiger partial charge in [-0.15, -0.1) is 0 Å². The monoisotopic (exact) mass is 386 g/mol. The van der Waals surface area contributed by atoms with Crippen molar-refractivity contribution in [2.75, 3.05) is 13.7 Å². The maximum atomic E-state index is 10.4. The van der Waals surface area contributed by atoms with Crippen LogP contribution in [0.15, 0.2) is 42.5 Å². The van der Waals surface area contributed by atoms with Crippen LogP contribution in [0.25, 0.3) is 0 Å². The third kappa shape index (κ3) is 3.32. The first kappa shape index (κ1) is 19.4. The van der Waals surface area contributed by atoms with E-state index in [1.807, 2.05) is 30.3 Å². The molecule has 1 heterocycles. The van der Waals surface area contributed by atoms with Crippen LogP contribution in [-0.2, 0) is 11.2 Å². The fraction of sp³-hybridized carbons (Fsp3) is 0.455. The molecule has 0 bridgehead atoms. The molecule has 2 aromatic rings. The zero-order valence-corrected chi connectivity index (χ0v) is 15.7. The van der Waals surface area contributed by atoms with Gasteiger partial charge in [-0.3, -0.25) is 0 Å². The van der Waals surface area contributed by atoms with E-state index < -0.39 is 37.1 Å². The minimum absolute atomic E-state index is 0.241. The zero-order valence-electron chi connectivity index (χ0n) is 15.7. The van der Waals surface area contributed by atoms with Gasteiger partial charge in [0.1, 0.15) is 36.3 Å². The molecule has 0 saturated carbocycles. The molecular weight excluding hydrogens is 360 g/mol. The fourth-order valence-electron chi connectivity index (χ4n) is 4.36. The van der Waals surface area contributed by atoms with Gasteiger partial charge in [0, 0.05) is 5.92 Å². The first-order valence-corrected chi connectivity index (χ1v) is 9.60. The van der Waals surface area contributed by atoms with E-state index in [0.29, 0.717) is 0 Å². The van der Waals surface area contributed by atoms with Crippen molar-refractivity contribution in [1.29, 1.82) is 0 Å². The smallest absolute Gasteiger partial charge is 0.118 e. The molecule has 0 spiro atoms. The molecular formula is C22H26O6. The van der Waals surface area contributed by atoms with Crippen molar-refractivity contribution in [3.8, 4) is 5.75 Å². The van der Waals surface area contributed by atoms with Gasteiger partial charge in [-0.2, -0.15) is 0 Å². The number of benzene rings is 2. The molecule has 4 rings (SSSR count). The Labute approximate surface area is 164 Å². The molecule has 0 unspecified atom stereocenters. The predicted octanol–water partition coefficient (Wildman–Crippen LogP) is 1.29. The molecule has 6 atom stereocenters. The molecule has 28 heavy (non-hydrogen) atoms. The van der Waals surface area contributed by atoms with Gasteiger partial charge in [0.2, 0.25) is 0 Å². The number of ether oxygens (including phenoxy) is 2. The number of hydrogen-bond acceptors (Lipinski definition) is 6. The standard InChI is InChI=1S/C22H26O6/c1-27-15-7-4-12(5-8-15)16-9-6-13-2-3-14(10-17(13)16)22-21(26)20(25)19(24)18(11-23)28-22/h2-5,7-8,10,16,18-26H,6,9,11H2,1H3/t16-,18-,19-,20+,21-,22+/m1/s1. The molecule has 1 aliphatic carbocycles. The lowest BCUT2D eigenvalue weighted by Gasteiger charge is -2.40. The summed E-state index contributed by atoms with van der Waals surface area (Å²) in [6, 6.07) is 14.0. The first-order valence-electron chi connectivity index (χ1n) is 9.60. The second-order valence-electron chi connectivity index (χ2n) is 7.57. The summed E-state index contributed by atoms with van der Waals surface area (Å²) in [5.74, 6) is 1.06. The van der Waals surface area contributed by atoms with Crippen LogP contribution in [0.3, 0.4) is 0 Å². The zero-order chi connectivity index (χ0) is 19.8. The number of methoxy groups -OCH3 is 1. The summed E-state index contributed by atoms with van der Waals surface area (Å²) < 4.78 is 11.0. The minimum atomic E-state index is -1.37. The van der Waals surface area contributed by atoms with Crippen molar-refractivity contribution < 1.29 is 29.9 Å². The van der Waals surface area contributed by atoms with Gasteiger partial charge in [0.25, 0.3) is 0 Å². The average molecular weight is 386 g/mol. The highest BCUT2D eigenvalue weighted by Gasteiger charge is 2.44. The molecule has 2 aromatic carbocycles. The molecule has 1 aliphatic heterocycles. The second-order valence-corrected chi connectivity index (χ2v) is 7.57. The molecule has 6 heteroatoms. The van der Waals surface area contributed by atoms with Crippen molar-refractivity contribution in [2.24, 2.45) is 0 Å². The number of rotatable bonds is 4. The molecule has 1 fully saturated rings. The number of aryl methyl sites for hydroxylation is 1. The van der Waals surface area contributed by atoms with Crippen molar-refractivity contribution in [3.05, 3.63) is 64.7 Å². The average Bonchev–Trinajstić information content (AvgIpc) is 3.15. The fourth-order valence-corrected chi connectivity index (χ4v) is 4.36. The highest BCUT2D eigenvalue weighted by Crippen LogP contribution is 2.41. The molecule has 0 radical (unpaired) electrons. The Morgan fingerprint density at radius 2 is 1.68 bits per heavy atom. The molecule has 4 N–H and O–H groups in total. The van der Waals surface area contributed by atoms with E-state index in [0.717, 1.165) is 24.2 Å². The van der Waals surface area contributed by atoms with E-state index >= 15 is 0 Å². The number of hydrogen-bond donors (Lipinski definition) is 4. The van der Waals surface area contributed by atoms with E-state index in [4.69, 9.17) is 9.47 Å². The van der Waals surface area contributed by atoms with Crippen LogP contribution in [0.1, 0.15) is 40.7 Å². The summed E-state index contributed by atoms with van der Waals surface area (Å²) in [6.45, 7) is -0.430. The summed E-state index contributed by atoms with van der Waals surface area (Å²) in [5.41, 5.74) is 4.37. The lowest BCUT2D eigenvalue weighted by Crippen LogP contribution is -2.55. The van der Waals surface area contributed by atoms with Crippen molar-refractivity contribution in [1.82, 2.24) is 0 Å². The molecule has 6 nitrogen and oxygen atoms in total. The van der Waals surface area contributed by atoms with Crippen LogP contribution in [0, 0.1) is 0 Å². The maximum Gasteiger partial charge on any atom is 0.118 e. The van der Waals surface area contributed by atoms with Gasteiger partial charge < -0.3 is 29.9 Å². The van der Waals surface area contributed by atoms with E-state index in [9.17, 15) is 20.4 Å². The van der Waals surface area contributed by atoms with Crippen molar-refractivity contribution in [2.45, 2.75) is 49.3 Å². The second kappa shape index (κ2) is 7.81. The Kier molecular flexibility index (Phi) is 5.40. The first-order chi connectivity index (χ1) is 13.5. The van der Waals surface area contributed by atoms with Crippen LogP contribution in [0.2, 0.25) is 0 Å². The Bertz CT molecular complexity index is 818. The normalized spacial score (nSPS) is 32.2. The molecule has 0 amide bonds. The topological polar surface area (TPSA) is 99.4 Å². The number of aliphatic hydroxyl groups is 4. The highest BCUT2D eigenvalue weighted by atomic mass is 16.5. The largest absolute Gasteiger partial charge is 0.497 e. The van der Waals surface area contributed by atoms with Crippen LogP contribution < -0.4 is 4.74 Å². The Morgan fingerprint density at radius 3 is 2.36 bits per heavy atom. The van der Waals surface area contributed by atoms with Gasteiger partial charge in [0.15, 0.2) is 0 Å². The van der Waals surface area contributed by atoms with Gasteiger partial charge in [0.05, 0.1) is 13.7 Å². The Hall–Kier alpha value is -1.96. The number of fused-ring (bicyclic) bond motifs is 1. The molecule has 1 saturated heterocycles. The van der Waals surface area contributed by atoms with Crippen LogP contribution in [-0.4, -0.2) is 58.6 Å². The molecule has 2 aliphatic rings. The predicted molar refractivity (Wildman–Crippen MR) is 102 cm³/mol. The van der Waals surface area contributed by atoms with E-state index in [1.54, 1.807) is 7.11 Å². The Morgan fingerprint density at radius 1 is 0.964 bits per heavy atom. The summed E-state index contributed by atoms with van der Waals surface area (Å²) in [7, 11) is 1.65. The molecule has 150 valence electrons. The van der Waals surface area contributed by atoms with Crippen molar-refractivity contribution >= 4 is 0 Å². The van der Waals surface area contributed by atoms with E-state index in [1.165, 1.54) is 16.7 Å². The summed E-state index contributed by atoms with van der Waals surface area (Å²) >= 11 is 0. The van der Waals surface area contributed by atoms with Gasteiger partial charge in [-0.05, 0) is 47.2 Å². The third-order valence-electron chi connectivity index (χ3n) is 5.99. The lowest BCUT2D eigenvalue weighted by atomic mass is 9.87. The van der Waals surface area contributed by atoms with Gasteiger partial charge in [-0.1, -0.05) is 30.3 Å². The number of aliphatic hydroxyl groups excluding tert-OH is 4. The van der Waals surface area contributed by atoms with E-state index in [2.05, 4.69) is 12.1 Å². The minimum Gasteiger partial charge on any atom is -0.497 e.